The van der Waals surface area contributed by atoms with E-state index in [1.54, 1.807) is 0 Å². The van der Waals surface area contributed by atoms with E-state index in [2.05, 4.69) is 23.5 Å². The molecule has 1 fully saturated rings. The quantitative estimate of drug-likeness (QED) is 0.764. The lowest BCUT2D eigenvalue weighted by Gasteiger charge is -2.27. The van der Waals surface area contributed by atoms with Gasteiger partial charge in [0.05, 0.1) is 26.1 Å². The number of methoxy groups -OCH3 is 1. The van der Waals surface area contributed by atoms with Crippen LogP contribution in [0, 0.1) is 5.92 Å². The van der Waals surface area contributed by atoms with Crippen molar-refractivity contribution in [1.29, 1.82) is 0 Å². The van der Waals surface area contributed by atoms with Crippen molar-refractivity contribution in [2.75, 3.05) is 32.1 Å². The number of para-hydroxylation sites is 1. The van der Waals surface area contributed by atoms with E-state index in [0.717, 1.165) is 43.6 Å². The molecule has 1 heterocycles. The molecule has 27 heavy (non-hydrogen) atoms. The van der Waals surface area contributed by atoms with Gasteiger partial charge < -0.3 is 15.0 Å². The Morgan fingerprint density at radius 3 is 2.41 bits per heavy atom. The summed E-state index contributed by atoms with van der Waals surface area (Å²) in [6.45, 7) is 2.06. The van der Waals surface area contributed by atoms with E-state index in [0.29, 0.717) is 6.54 Å². The Morgan fingerprint density at radius 2 is 1.70 bits per heavy atom. The normalized spacial score (nSPS) is 19.3. The Labute approximate surface area is 160 Å². The number of rotatable bonds is 6. The van der Waals surface area contributed by atoms with Gasteiger partial charge in [0.15, 0.2) is 6.54 Å². The smallest absolute Gasteiger partial charge is 0.309 e. The average molecular weight is 367 g/mol. The van der Waals surface area contributed by atoms with Gasteiger partial charge in [-0.15, -0.1) is 0 Å². The van der Waals surface area contributed by atoms with Gasteiger partial charge >= 0.3 is 5.97 Å². The molecule has 0 unspecified atom stereocenters. The molecule has 0 atom stereocenters. The van der Waals surface area contributed by atoms with Gasteiger partial charge in [-0.05, 0) is 23.6 Å². The molecule has 1 aliphatic heterocycles. The molecule has 0 spiro atoms. The zero-order chi connectivity index (χ0) is 19.1. The first kappa shape index (κ1) is 19.1. The van der Waals surface area contributed by atoms with Crippen molar-refractivity contribution in [3.05, 3.63) is 65.7 Å². The number of quaternary nitrogens is 1. The minimum Gasteiger partial charge on any atom is -0.469 e. The summed E-state index contributed by atoms with van der Waals surface area (Å²) in [5.74, 6) is -0.135. The molecule has 1 aliphatic rings. The van der Waals surface area contributed by atoms with Gasteiger partial charge in [0.1, 0.15) is 0 Å². The second-order valence-electron chi connectivity index (χ2n) is 7.09. The number of hydrogen-bond donors (Lipinski definition) is 2. The number of benzene rings is 2. The van der Waals surface area contributed by atoms with Gasteiger partial charge in [-0.3, -0.25) is 9.59 Å². The summed E-state index contributed by atoms with van der Waals surface area (Å²) in [5, 5.41) is 3.07. The van der Waals surface area contributed by atoms with Crippen LogP contribution in [0.4, 0.5) is 5.69 Å². The van der Waals surface area contributed by atoms with Crippen LogP contribution in [-0.2, 0) is 20.7 Å². The Bertz CT molecular complexity index is 768. The van der Waals surface area contributed by atoms with Crippen LogP contribution in [0.3, 0.4) is 0 Å². The molecule has 0 aliphatic carbocycles. The molecular formula is C22H27N2O3+. The first-order chi connectivity index (χ1) is 13.2. The summed E-state index contributed by atoms with van der Waals surface area (Å²) in [6, 6.07) is 18.2. The van der Waals surface area contributed by atoms with Gasteiger partial charge in [0, 0.05) is 18.5 Å². The van der Waals surface area contributed by atoms with Crippen molar-refractivity contribution in [3.63, 3.8) is 0 Å². The maximum Gasteiger partial charge on any atom is 0.309 e. The second-order valence-corrected chi connectivity index (χ2v) is 7.09. The van der Waals surface area contributed by atoms with Gasteiger partial charge in [-0.25, -0.2) is 0 Å². The van der Waals surface area contributed by atoms with Crippen LogP contribution in [0.25, 0.3) is 0 Å². The Morgan fingerprint density at radius 1 is 1.04 bits per heavy atom. The number of hydrogen-bond acceptors (Lipinski definition) is 3. The maximum atomic E-state index is 12.5. The van der Waals surface area contributed by atoms with E-state index in [4.69, 9.17) is 4.74 Å². The molecule has 1 amide bonds. The fraction of sp³-hybridized carbons (Fsp3) is 0.364. The van der Waals surface area contributed by atoms with Gasteiger partial charge in [-0.2, -0.15) is 0 Å². The van der Waals surface area contributed by atoms with Crippen molar-refractivity contribution in [2.24, 2.45) is 5.92 Å². The summed E-state index contributed by atoms with van der Waals surface area (Å²) in [4.78, 5) is 25.4. The van der Waals surface area contributed by atoms with Crippen molar-refractivity contribution in [3.8, 4) is 0 Å². The molecule has 0 aromatic heterocycles. The van der Waals surface area contributed by atoms with Crippen LogP contribution in [0.15, 0.2) is 54.6 Å². The summed E-state index contributed by atoms with van der Waals surface area (Å²) in [6.07, 6.45) is 2.34. The molecule has 2 N–H and O–H groups in total. The predicted octanol–water partition coefficient (Wildman–Crippen LogP) is 1.68. The van der Waals surface area contributed by atoms with Crippen LogP contribution < -0.4 is 10.2 Å². The minimum atomic E-state index is -0.131. The molecule has 2 aromatic carbocycles. The molecule has 1 saturated heterocycles. The Balaban J connectivity index is 1.55. The monoisotopic (exact) mass is 367 g/mol. The Hall–Kier alpha value is -2.66. The lowest BCUT2D eigenvalue weighted by molar-refractivity contribution is -0.897. The number of carbonyl (C=O) groups is 2. The fourth-order valence-corrected chi connectivity index (χ4v) is 3.64. The van der Waals surface area contributed by atoms with E-state index in [1.165, 1.54) is 17.6 Å². The minimum absolute atomic E-state index is 0.0158. The Kier molecular flexibility index (Phi) is 6.60. The van der Waals surface area contributed by atoms with E-state index in [-0.39, 0.29) is 17.8 Å². The van der Waals surface area contributed by atoms with Crippen LogP contribution in [-0.4, -0.2) is 38.6 Å². The zero-order valence-electron chi connectivity index (χ0n) is 15.7. The molecule has 0 saturated carbocycles. The largest absolute Gasteiger partial charge is 0.469 e. The molecule has 3 rings (SSSR count). The highest BCUT2D eigenvalue weighted by Crippen LogP contribution is 2.19. The van der Waals surface area contributed by atoms with Gasteiger partial charge in [0.2, 0.25) is 0 Å². The number of nitrogens with one attached hydrogen (secondary N) is 2. The van der Waals surface area contributed by atoms with Crippen molar-refractivity contribution in [2.45, 2.75) is 19.3 Å². The second kappa shape index (κ2) is 9.33. The highest BCUT2D eigenvalue weighted by molar-refractivity contribution is 5.92. The fourth-order valence-electron chi connectivity index (χ4n) is 3.64. The van der Waals surface area contributed by atoms with Crippen LogP contribution >= 0.6 is 0 Å². The van der Waals surface area contributed by atoms with E-state index in [1.807, 2.05) is 36.4 Å². The number of esters is 1. The number of amides is 1. The number of ether oxygens (including phenoxy) is 1. The number of piperidine rings is 1. The van der Waals surface area contributed by atoms with Crippen LogP contribution in [0.1, 0.15) is 24.0 Å². The van der Waals surface area contributed by atoms with Crippen LogP contribution in [0.5, 0.6) is 0 Å². The molecular weight excluding hydrogens is 340 g/mol. The summed E-state index contributed by atoms with van der Waals surface area (Å²) in [7, 11) is 1.43. The van der Waals surface area contributed by atoms with Crippen molar-refractivity contribution < 1.29 is 19.2 Å². The predicted molar refractivity (Wildman–Crippen MR) is 105 cm³/mol. The number of carbonyl (C=O) groups excluding carboxylic acids is 2. The lowest BCUT2D eigenvalue weighted by atomic mass is 9.97. The van der Waals surface area contributed by atoms with E-state index < -0.39 is 0 Å². The summed E-state index contributed by atoms with van der Waals surface area (Å²) in [5.41, 5.74) is 3.20. The standard InChI is InChI=1S/C22H26N2O3/c1-27-22(26)18-11-13-24(14-12-18)16-21(25)23-20-10-6-5-9-19(20)15-17-7-3-2-4-8-17/h2-10,18H,11-16H2,1H3,(H,23,25)/p+1. The topological polar surface area (TPSA) is 59.8 Å². The number of likely N-dealkylation sites (tertiary alicyclic amines) is 1. The van der Waals surface area contributed by atoms with E-state index in [9.17, 15) is 9.59 Å². The van der Waals surface area contributed by atoms with Crippen molar-refractivity contribution in [1.82, 2.24) is 0 Å². The van der Waals surface area contributed by atoms with Crippen LogP contribution in [0.2, 0.25) is 0 Å². The zero-order valence-corrected chi connectivity index (χ0v) is 15.7. The van der Waals surface area contributed by atoms with E-state index >= 15 is 0 Å². The molecule has 5 nitrogen and oxygen atoms in total. The maximum absolute atomic E-state index is 12.5. The third kappa shape index (κ3) is 5.41. The first-order valence-corrected chi connectivity index (χ1v) is 9.49. The summed E-state index contributed by atoms with van der Waals surface area (Å²) >= 11 is 0. The highest BCUT2D eigenvalue weighted by Gasteiger charge is 2.29. The molecule has 0 radical (unpaired) electrons. The molecule has 0 bridgehead atoms. The van der Waals surface area contributed by atoms with Crippen molar-refractivity contribution >= 4 is 17.6 Å². The van der Waals surface area contributed by atoms with Gasteiger partial charge in [-0.1, -0.05) is 48.5 Å². The van der Waals surface area contributed by atoms with Gasteiger partial charge in [0.25, 0.3) is 5.91 Å². The third-order valence-corrected chi connectivity index (χ3v) is 5.17. The molecule has 2 aromatic rings. The lowest BCUT2D eigenvalue weighted by Crippen LogP contribution is -3.14. The molecule has 142 valence electrons. The highest BCUT2D eigenvalue weighted by atomic mass is 16.5. The third-order valence-electron chi connectivity index (χ3n) is 5.17. The first-order valence-electron chi connectivity index (χ1n) is 9.49. The number of anilines is 1. The molecule has 5 heteroatoms. The SMILES string of the molecule is COC(=O)C1CC[NH+](CC(=O)Nc2ccccc2Cc2ccccc2)CC1. The summed E-state index contributed by atoms with van der Waals surface area (Å²) < 4.78 is 4.82. The average Bonchev–Trinajstić information content (AvgIpc) is 2.70.